The molecule has 1 rings (SSSR count). The van der Waals surface area contributed by atoms with Gasteiger partial charge in [-0.05, 0) is 37.0 Å². The summed E-state index contributed by atoms with van der Waals surface area (Å²) in [5.41, 5.74) is 5.76. The lowest BCUT2D eigenvalue weighted by Crippen LogP contribution is -2.49. The number of nitrogens with zero attached hydrogens (tertiary/aromatic N) is 1. The highest BCUT2D eigenvalue weighted by Crippen LogP contribution is 2.23. The fourth-order valence-corrected chi connectivity index (χ4v) is 2.85. The zero-order valence-corrected chi connectivity index (χ0v) is 13.9. The Balaban J connectivity index is 2.39. The van der Waals surface area contributed by atoms with Gasteiger partial charge in [0.25, 0.3) is 0 Å². The van der Waals surface area contributed by atoms with Crippen LogP contribution < -0.4 is 11.1 Å². The fraction of sp³-hybridized carbons (Fsp3) is 0.875. The first-order valence-electron chi connectivity index (χ1n) is 8.12. The van der Waals surface area contributed by atoms with Crippen molar-refractivity contribution in [3.05, 3.63) is 0 Å². The third-order valence-electron chi connectivity index (χ3n) is 4.11. The summed E-state index contributed by atoms with van der Waals surface area (Å²) in [5, 5.41) is 2.66. The first-order chi connectivity index (χ1) is 9.81. The van der Waals surface area contributed by atoms with E-state index in [0.717, 1.165) is 25.9 Å². The molecule has 21 heavy (non-hydrogen) atoms. The lowest BCUT2D eigenvalue weighted by atomic mass is 9.90. The molecule has 0 radical (unpaired) electrons. The van der Waals surface area contributed by atoms with Crippen molar-refractivity contribution in [2.24, 2.45) is 23.5 Å². The number of carbonyl (C=O) groups is 2. The highest BCUT2D eigenvalue weighted by atomic mass is 16.2. The molecule has 0 saturated carbocycles. The second-order valence-corrected chi connectivity index (χ2v) is 6.97. The number of likely N-dealkylation sites (tertiary alicyclic amines) is 1. The molecule has 0 bridgehead atoms. The van der Waals surface area contributed by atoms with Crippen LogP contribution in [0.15, 0.2) is 0 Å². The van der Waals surface area contributed by atoms with Gasteiger partial charge < -0.3 is 16.0 Å². The Morgan fingerprint density at radius 1 is 1.29 bits per heavy atom. The minimum Gasteiger partial charge on any atom is -0.346 e. The van der Waals surface area contributed by atoms with E-state index in [9.17, 15) is 9.59 Å². The van der Waals surface area contributed by atoms with Crippen LogP contribution in [-0.4, -0.2) is 42.4 Å². The van der Waals surface area contributed by atoms with Crippen molar-refractivity contribution in [3.8, 4) is 0 Å². The minimum absolute atomic E-state index is 0.00719. The molecule has 0 spiro atoms. The van der Waals surface area contributed by atoms with Crippen LogP contribution in [0.2, 0.25) is 0 Å². The molecule has 3 N–H and O–H groups in total. The van der Waals surface area contributed by atoms with Crippen molar-refractivity contribution in [2.75, 3.05) is 19.6 Å². The Morgan fingerprint density at radius 3 is 2.52 bits per heavy atom. The van der Waals surface area contributed by atoms with E-state index in [0.29, 0.717) is 11.8 Å². The van der Waals surface area contributed by atoms with Gasteiger partial charge in [0.15, 0.2) is 0 Å². The van der Waals surface area contributed by atoms with Crippen LogP contribution in [0.5, 0.6) is 0 Å². The van der Waals surface area contributed by atoms with E-state index < -0.39 is 6.04 Å². The molecular formula is C16H31N3O2. The summed E-state index contributed by atoms with van der Waals surface area (Å²) in [5.74, 6) is 1.09. The molecule has 0 aliphatic carbocycles. The predicted molar refractivity (Wildman–Crippen MR) is 84.6 cm³/mol. The maximum atomic E-state index is 12.2. The quantitative estimate of drug-likeness (QED) is 0.777. The summed E-state index contributed by atoms with van der Waals surface area (Å²) in [4.78, 5) is 25.9. The first-order valence-corrected chi connectivity index (χ1v) is 8.12. The highest BCUT2D eigenvalue weighted by Gasteiger charge is 2.25. The number of piperidine rings is 1. The standard InChI is InChI=1S/C16H31N3O2/c1-11(2)8-13-6-5-7-19(10-13)14(20)9-18-16(21)15(17)12(3)4/h11-13,15H,5-10,17H2,1-4H3,(H,18,21)/t13?,15-/m0/s1. The van der Waals surface area contributed by atoms with Crippen molar-refractivity contribution in [2.45, 2.75) is 53.0 Å². The Hall–Kier alpha value is -1.10. The first kappa shape index (κ1) is 18.0. The van der Waals surface area contributed by atoms with Gasteiger partial charge in [-0.3, -0.25) is 9.59 Å². The van der Waals surface area contributed by atoms with Crippen molar-refractivity contribution in [3.63, 3.8) is 0 Å². The molecule has 1 unspecified atom stereocenters. The summed E-state index contributed by atoms with van der Waals surface area (Å²) in [6.07, 6.45) is 3.42. The van der Waals surface area contributed by atoms with E-state index in [2.05, 4.69) is 19.2 Å². The van der Waals surface area contributed by atoms with Crippen LogP contribution in [-0.2, 0) is 9.59 Å². The fourth-order valence-electron chi connectivity index (χ4n) is 2.85. The van der Waals surface area contributed by atoms with Crippen LogP contribution >= 0.6 is 0 Å². The Bertz CT molecular complexity index is 355. The number of rotatable bonds is 6. The second-order valence-electron chi connectivity index (χ2n) is 6.97. The lowest BCUT2D eigenvalue weighted by Gasteiger charge is -2.33. The van der Waals surface area contributed by atoms with Crippen molar-refractivity contribution in [1.29, 1.82) is 0 Å². The van der Waals surface area contributed by atoms with Gasteiger partial charge in [0.1, 0.15) is 0 Å². The Morgan fingerprint density at radius 2 is 1.95 bits per heavy atom. The molecule has 122 valence electrons. The normalized spacial score (nSPS) is 20.7. The monoisotopic (exact) mass is 297 g/mol. The smallest absolute Gasteiger partial charge is 0.241 e. The van der Waals surface area contributed by atoms with E-state index in [1.807, 2.05) is 18.7 Å². The summed E-state index contributed by atoms with van der Waals surface area (Å²) in [6.45, 7) is 9.92. The molecule has 1 saturated heterocycles. The topological polar surface area (TPSA) is 75.4 Å². The van der Waals surface area contributed by atoms with Gasteiger partial charge in [-0.25, -0.2) is 0 Å². The van der Waals surface area contributed by atoms with E-state index in [1.54, 1.807) is 0 Å². The number of hydrogen-bond acceptors (Lipinski definition) is 3. The van der Waals surface area contributed by atoms with E-state index in [-0.39, 0.29) is 24.3 Å². The summed E-state index contributed by atoms with van der Waals surface area (Å²) < 4.78 is 0. The Kier molecular flexibility index (Phi) is 7.15. The average molecular weight is 297 g/mol. The number of amides is 2. The van der Waals surface area contributed by atoms with Crippen molar-refractivity contribution < 1.29 is 9.59 Å². The van der Waals surface area contributed by atoms with Gasteiger partial charge in [-0.15, -0.1) is 0 Å². The summed E-state index contributed by atoms with van der Waals surface area (Å²) in [7, 11) is 0. The van der Waals surface area contributed by atoms with E-state index in [1.165, 1.54) is 6.42 Å². The van der Waals surface area contributed by atoms with Crippen LogP contribution in [0.25, 0.3) is 0 Å². The largest absolute Gasteiger partial charge is 0.346 e. The van der Waals surface area contributed by atoms with Crippen LogP contribution in [0.3, 0.4) is 0 Å². The number of nitrogens with one attached hydrogen (secondary N) is 1. The van der Waals surface area contributed by atoms with Gasteiger partial charge in [-0.1, -0.05) is 27.7 Å². The molecular weight excluding hydrogens is 266 g/mol. The maximum Gasteiger partial charge on any atom is 0.241 e. The van der Waals surface area contributed by atoms with E-state index in [4.69, 9.17) is 5.73 Å². The van der Waals surface area contributed by atoms with Crippen molar-refractivity contribution in [1.82, 2.24) is 10.2 Å². The molecule has 0 aromatic carbocycles. The van der Waals surface area contributed by atoms with Gasteiger partial charge in [0.05, 0.1) is 12.6 Å². The van der Waals surface area contributed by atoms with Gasteiger partial charge in [-0.2, -0.15) is 0 Å². The van der Waals surface area contributed by atoms with Gasteiger partial charge in [0.2, 0.25) is 11.8 Å². The van der Waals surface area contributed by atoms with Crippen LogP contribution in [0.1, 0.15) is 47.0 Å². The summed E-state index contributed by atoms with van der Waals surface area (Å²) >= 11 is 0. The molecule has 5 nitrogen and oxygen atoms in total. The van der Waals surface area contributed by atoms with Crippen LogP contribution in [0.4, 0.5) is 0 Å². The SMILES string of the molecule is CC(C)CC1CCCN(C(=O)CNC(=O)[C@@H](N)C(C)C)C1. The lowest BCUT2D eigenvalue weighted by molar-refractivity contribution is -0.134. The average Bonchev–Trinajstić information content (AvgIpc) is 2.42. The minimum atomic E-state index is -0.548. The third-order valence-corrected chi connectivity index (χ3v) is 4.11. The molecule has 0 aromatic heterocycles. The molecule has 1 aliphatic heterocycles. The molecule has 0 aromatic rings. The zero-order chi connectivity index (χ0) is 16.0. The molecule has 2 atom stereocenters. The number of nitrogens with two attached hydrogens (primary N) is 1. The van der Waals surface area contributed by atoms with Gasteiger partial charge >= 0.3 is 0 Å². The van der Waals surface area contributed by atoms with E-state index >= 15 is 0 Å². The third kappa shape index (κ3) is 6.04. The molecule has 1 aliphatic rings. The molecule has 2 amide bonds. The number of carbonyl (C=O) groups excluding carboxylic acids is 2. The Labute approximate surface area is 128 Å². The second kappa shape index (κ2) is 8.37. The number of hydrogen-bond donors (Lipinski definition) is 2. The highest BCUT2D eigenvalue weighted by molar-refractivity contribution is 5.87. The zero-order valence-electron chi connectivity index (χ0n) is 13.9. The molecule has 1 heterocycles. The predicted octanol–water partition coefficient (Wildman–Crippen LogP) is 1.37. The van der Waals surface area contributed by atoms with Crippen LogP contribution in [0, 0.1) is 17.8 Å². The molecule has 5 heteroatoms. The maximum absolute atomic E-state index is 12.2. The summed E-state index contributed by atoms with van der Waals surface area (Å²) in [6, 6.07) is -0.548. The van der Waals surface area contributed by atoms with Gasteiger partial charge in [0, 0.05) is 13.1 Å². The molecule has 1 fully saturated rings. The van der Waals surface area contributed by atoms with Crippen molar-refractivity contribution >= 4 is 11.8 Å².